The van der Waals surface area contributed by atoms with Crippen LogP contribution in [0.5, 0.6) is 0 Å². The van der Waals surface area contributed by atoms with Gasteiger partial charge in [0.15, 0.2) is 5.82 Å². The first kappa shape index (κ1) is 14.8. The molecule has 2 rings (SSSR count). The highest BCUT2D eigenvalue weighted by atomic mass is 19.1. The third-order valence-corrected chi connectivity index (χ3v) is 4.20. The molecule has 5 heteroatoms. The monoisotopic (exact) mass is 280 g/mol. The van der Waals surface area contributed by atoms with Crippen LogP contribution in [0.3, 0.4) is 0 Å². The molecule has 0 bridgehead atoms. The molecular weight excluding hydrogens is 259 g/mol. The number of hydrogen-bond donors (Lipinski definition) is 1. The van der Waals surface area contributed by atoms with Crippen LogP contribution in [0.4, 0.5) is 15.8 Å². The molecule has 0 saturated heterocycles. The first-order valence-electron chi connectivity index (χ1n) is 7.31. The van der Waals surface area contributed by atoms with Crippen LogP contribution in [0, 0.1) is 21.8 Å². The van der Waals surface area contributed by atoms with E-state index in [0.29, 0.717) is 0 Å². The molecule has 1 N–H and O–H groups in total. The van der Waals surface area contributed by atoms with Gasteiger partial charge in [-0.3, -0.25) is 10.1 Å². The Bertz CT molecular complexity index is 479. The lowest BCUT2D eigenvalue weighted by Crippen LogP contribution is -2.20. The van der Waals surface area contributed by atoms with Crippen LogP contribution in [0.1, 0.15) is 45.4 Å². The van der Waals surface area contributed by atoms with Crippen LogP contribution >= 0.6 is 0 Å². The lowest BCUT2D eigenvalue weighted by Gasteiger charge is -2.18. The molecule has 1 aliphatic rings. The van der Waals surface area contributed by atoms with E-state index in [0.717, 1.165) is 31.6 Å². The number of benzene rings is 1. The summed E-state index contributed by atoms with van der Waals surface area (Å²) in [6, 6.07) is 4.11. The lowest BCUT2D eigenvalue weighted by molar-refractivity contribution is -0.384. The Kier molecular flexibility index (Phi) is 4.93. The Morgan fingerprint density at radius 3 is 2.85 bits per heavy atom. The van der Waals surface area contributed by atoms with E-state index in [4.69, 9.17) is 0 Å². The van der Waals surface area contributed by atoms with Crippen molar-refractivity contribution in [1.82, 2.24) is 0 Å². The fraction of sp³-hybridized carbons (Fsp3) is 0.600. The summed E-state index contributed by atoms with van der Waals surface area (Å²) < 4.78 is 13.8. The number of nitrogens with zero attached hydrogens (tertiary/aromatic N) is 1. The van der Waals surface area contributed by atoms with Gasteiger partial charge < -0.3 is 5.32 Å². The number of para-hydroxylation sites is 1. The van der Waals surface area contributed by atoms with Crippen molar-refractivity contribution < 1.29 is 9.31 Å². The Hall–Kier alpha value is -1.65. The van der Waals surface area contributed by atoms with Crippen molar-refractivity contribution in [3.63, 3.8) is 0 Å². The summed E-state index contributed by atoms with van der Waals surface area (Å²) in [5.74, 6) is 0.188. The van der Waals surface area contributed by atoms with Crippen molar-refractivity contribution >= 4 is 11.4 Å². The molecule has 0 aliphatic heterocycles. The lowest BCUT2D eigenvalue weighted by atomic mass is 9.98. The van der Waals surface area contributed by atoms with E-state index in [9.17, 15) is 14.5 Å². The van der Waals surface area contributed by atoms with Crippen molar-refractivity contribution in [2.75, 3.05) is 5.32 Å². The molecule has 1 aliphatic carbocycles. The van der Waals surface area contributed by atoms with Crippen LogP contribution in [0.15, 0.2) is 18.2 Å². The van der Waals surface area contributed by atoms with Crippen molar-refractivity contribution in [2.45, 2.75) is 51.5 Å². The van der Waals surface area contributed by atoms with Gasteiger partial charge in [-0.15, -0.1) is 0 Å². The highest BCUT2D eigenvalue weighted by Gasteiger charge is 2.23. The topological polar surface area (TPSA) is 55.2 Å². The minimum atomic E-state index is -0.546. The maximum atomic E-state index is 13.8. The molecular formula is C15H21FN2O2. The summed E-state index contributed by atoms with van der Waals surface area (Å²) in [7, 11) is 0. The van der Waals surface area contributed by atoms with Crippen LogP contribution < -0.4 is 5.32 Å². The molecule has 2 atom stereocenters. The number of halogens is 1. The maximum absolute atomic E-state index is 13.8. The molecule has 0 amide bonds. The zero-order chi connectivity index (χ0) is 14.5. The summed E-state index contributed by atoms with van der Waals surface area (Å²) in [5, 5.41) is 14.0. The van der Waals surface area contributed by atoms with Crippen LogP contribution in [0.25, 0.3) is 0 Å². The number of anilines is 1. The molecule has 0 heterocycles. The Morgan fingerprint density at radius 1 is 1.35 bits per heavy atom. The van der Waals surface area contributed by atoms with Gasteiger partial charge in [-0.05, 0) is 31.2 Å². The number of hydrogen-bond acceptors (Lipinski definition) is 3. The van der Waals surface area contributed by atoms with Crippen molar-refractivity contribution in [3.05, 3.63) is 34.1 Å². The zero-order valence-electron chi connectivity index (χ0n) is 11.8. The number of nitrogens with one attached hydrogen (secondary N) is 1. The minimum Gasteiger partial charge on any atom is -0.374 e. The van der Waals surface area contributed by atoms with E-state index >= 15 is 0 Å². The molecule has 1 aromatic rings. The molecule has 0 spiro atoms. The molecule has 0 radical (unpaired) electrons. The van der Waals surface area contributed by atoms with E-state index in [1.807, 2.05) is 0 Å². The average molecular weight is 280 g/mol. The van der Waals surface area contributed by atoms with Gasteiger partial charge >= 0.3 is 0 Å². The number of nitro groups is 1. The summed E-state index contributed by atoms with van der Waals surface area (Å²) in [4.78, 5) is 10.5. The van der Waals surface area contributed by atoms with E-state index < -0.39 is 10.7 Å². The van der Waals surface area contributed by atoms with Gasteiger partial charge in [0, 0.05) is 12.1 Å². The minimum absolute atomic E-state index is 0.0393. The van der Waals surface area contributed by atoms with Gasteiger partial charge in [0.2, 0.25) is 0 Å². The van der Waals surface area contributed by atoms with Gasteiger partial charge in [0.05, 0.1) is 4.92 Å². The van der Waals surface area contributed by atoms with E-state index in [1.165, 1.54) is 31.0 Å². The molecule has 0 aromatic heterocycles. The quantitative estimate of drug-likeness (QED) is 0.501. The summed E-state index contributed by atoms with van der Waals surface area (Å²) >= 11 is 0. The van der Waals surface area contributed by atoms with Gasteiger partial charge in [-0.25, -0.2) is 4.39 Å². The maximum Gasteiger partial charge on any atom is 0.295 e. The van der Waals surface area contributed by atoms with Crippen LogP contribution in [-0.4, -0.2) is 11.0 Å². The molecule has 2 unspecified atom stereocenters. The third-order valence-electron chi connectivity index (χ3n) is 4.20. The van der Waals surface area contributed by atoms with E-state index in [-0.39, 0.29) is 17.4 Å². The largest absolute Gasteiger partial charge is 0.374 e. The van der Waals surface area contributed by atoms with Crippen LogP contribution in [-0.2, 0) is 0 Å². The van der Waals surface area contributed by atoms with Crippen molar-refractivity contribution in [3.8, 4) is 0 Å². The second-order valence-electron chi connectivity index (χ2n) is 5.51. The highest BCUT2D eigenvalue weighted by molar-refractivity contribution is 5.62. The highest BCUT2D eigenvalue weighted by Crippen LogP contribution is 2.32. The Morgan fingerprint density at radius 2 is 2.15 bits per heavy atom. The number of rotatable bonds is 4. The average Bonchev–Trinajstić information content (AvgIpc) is 2.66. The smallest absolute Gasteiger partial charge is 0.295 e. The standard InChI is InChI=1S/C15H21FN2O2/c1-2-11-5-3-6-12(10-9-11)17-15-13(16)7-4-8-14(15)18(19)20/h4,7-8,11-12,17H,2-3,5-6,9-10H2,1H3. The van der Waals surface area contributed by atoms with Crippen molar-refractivity contribution in [1.29, 1.82) is 0 Å². The molecule has 110 valence electrons. The van der Waals surface area contributed by atoms with Gasteiger partial charge in [-0.2, -0.15) is 0 Å². The third kappa shape index (κ3) is 3.46. The zero-order valence-corrected chi connectivity index (χ0v) is 11.8. The van der Waals surface area contributed by atoms with Crippen molar-refractivity contribution in [2.24, 2.45) is 5.92 Å². The van der Waals surface area contributed by atoms with Gasteiger partial charge in [-0.1, -0.05) is 32.3 Å². The normalized spacial score (nSPS) is 23.1. The Labute approximate surface area is 118 Å². The van der Waals surface area contributed by atoms with E-state index in [2.05, 4.69) is 12.2 Å². The second-order valence-corrected chi connectivity index (χ2v) is 5.51. The predicted molar refractivity (Wildman–Crippen MR) is 77.3 cm³/mol. The molecule has 4 nitrogen and oxygen atoms in total. The molecule has 1 saturated carbocycles. The summed E-state index contributed by atoms with van der Waals surface area (Å²) in [6.45, 7) is 2.19. The fourth-order valence-electron chi connectivity index (χ4n) is 2.94. The first-order valence-corrected chi connectivity index (χ1v) is 7.31. The molecule has 20 heavy (non-hydrogen) atoms. The summed E-state index contributed by atoms with van der Waals surface area (Å²) in [6.07, 6.45) is 6.47. The predicted octanol–water partition coefficient (Wildman–Crippen LogP) is 4.50. The molecule has 1 fully saturated rings. The first-order chi connectivity index (χ1) is 9.61. The summed E-state index contributed by atoms with van der Waals surface area (Å²) in [5.41, 5.74) is -0.140. The molecule has 1 aromatic carbocycles. The number of nitro benzene ring substituents is 1. The second kappa shape index (κ2) is 6.68. The van der Waals surface area contributed by atoms with Gasteiger partial charge in [0.25, 0.3) is 5.69 Å². The SMILES string of the molecule is CCC1CCCC(Nc2c(F)cccc2[N+](=O)[O-])CC1. The fourth-order valence-corrected chi connectivity index (χ4v) is 2.94. The van der Waals surface area contributed by atoms with E-state index in [1.54, 1.807) is 0 Å². The Balaban J connectivity index is 2.11. The van der Waals surface area contributed by atoms with Gasteiger partial charge in [0.1, 0.15) is 5.69 Å². The van der Waals surface area contributed by atoms with Crippen LogP contribution in [0.2, 0.25) is 0 Å².